The first-order valence-corrected chi connectivity index (χ1v) is 7.49. The van der Waals surface area contributed by atoms with Gasteiger partial charge in [-0.05, 0) is 38.4 Å². The summed E-state index contributed by atoms with van der Waals surface area (Å²) in [5, 5.41) is 16.0. The Labute approximate surface area is 128 Å². The van der Waals surface area contributed by atoms with Crippen LogP contribution in [0.2, 0.25) is 0 Å². The van der Waals surface area contributed by atoms with Gasteiger partial charge in [-0.15, -0.1) is 0 Å². The molecule has 2 aromatic rings. The molecule has 5 nitrogen and oxygen atoms in total. The quantitative estimate of drug-likeness (QED) is 0.946. The average molecular weight is 299 g/mol. The lowest BCUT2D eigenvalue weighted by Gasteiger charge is -2.34. The third kappa shape index (κ3) is 3.00. The zero-order valence-electron chi connectivity index (χ0n) is 12.5. The molecule has 0 spiro atoms. The number of aromatic nitrogens is 3. The van der Waals surface area contributed by atoms with Crippen molar-refractivity contribution in [3.8, 4) is 6.07 Å². The molecule has 2 heterocycles. The third-order valence-corrected chi connectivity index (χ3v) is 4.08. The summed E-state index contributed by atoms with van der Waals surface area (Å²) in [6.07, 6.45) is 3.21. The van der Waals surface area contributed by atoms with Crippen molar-refractivity contribution in [1.29, 1.82) is 5.26 Å². The minimum absolute atomic E-state index is 0.119. The predicted molar refractivity (Wildman–Crippen MR) is 79.2 cm³/mol. The van der Waals surface area contributed by atoms with Crippen molar-refractivity contribution in [2.45, 2.75) is 38.8 Å². The van der Waals surface area contributed by atoms with E-state index in [4.69, 9.17) is 5.26 Å². The SMILES string of the molecule is Cc1nc([C@@H]2CCCCN2Cc2ccc(C#N)cc2F)n[nH]1. The van der Waals surface area contributed by atoms with E-state index >= 15 is 0 Å². The number of nitriles is 1. The molecule has 6 heteroatoms. The van der Waals surface area contributed by atoms with Crippen LogP contribution in [0.25, 0.3) is 0 Å². The number of hydrogen-bond acceptors (Lipinski definition) is 4. The fraction of sp³-hybridized carbons (Fsp3) is 0.438. The van der Waals surface area contributed by atoms with Gasteiger partial charge in [-0.3, -0.25) is 10.00 Å². The number of rotatable bonds is 3. The highest BCUT2D eigenvalue weighted by atomic mass is 19.1. The highest BCUT2D eigenvalue weighted by Crippen LogP contribution is 2.30. The molecular weight excluding hydrogens is 281 g/mol. The molecule has 1 aliphatic rings. The molecular formula is C16H18FN5. The maximum Gasteiger partial charge on any atom is 0.167 e. The second kappa shape index (κ2) is 6.24. The number of H-pyrrole nitrogens is 1. The van der Waals surface area contributed by atoms with Gasteiger partial charge in [-0.2, -0.15) is 10.4 Å². The first-order valence-electron chi connectivity index (χ1n) is 7.49. The van der Waals surface area contributed by atoms with Gasteiger partial charge in [0.1, 0.15) is 11.6 Å². The van der Waals surface area contributed by atoms with Crippen molar-refractivity contribution < 1.29 is 4.39 Å². The number of halogens is 1. The standard InChI is InChI=1S/C16H18FN5/c1-11-19-16(21-20-11)15-4-2-3-7-22(15)10-13-6-5-12(9-18)8-14(13)17/h5-6,8,15H,2-4,7,10H2,1H3,(H,19,20,21)/t15-/m0/s1. The van der Waals surface area contributed by atoms with E-state index in [9.17, 15) is 4.39 Å². The Kier molecular flexibility index (Phi) is 4.16. The number of aromatic amines is 1. The molecule has 114 valence electrons. The average Bonchev–Trinajstić information content (AvgIpc) is 2.96. The molecule has 1 aromatic carbocycles. The highest BCUT2D eigenvalue weighted by Gasteiger charge is 2.27. The molecule has 0 radical (unpaired) electrons. The van der Waals surface area contributed by atoms with E-state index in [-0.39, 0.29) is 11.9 Å². The van der Waals surface area contributed by atoms with Crippen molar-refractivity contribution in [1.82, 2.24) is 20.1 Å². The van der Waals surface area contributed by atoms with Crippen molar-refractivity contribution in [3.63, 3.8) is 0 Å². The maximum absolute atomic E-state index is 14.1. The number of likely N-dealkylation sites (tertiary alicyclic amines) is 1. The van der Waals surface area contributed by atoms with Crippen LogP contribution in [0.4, 0.5) is 4.39 Å². The zero-order valence-corrected chi connectivity index (χ0v) is 12.5. The summed E-state index contributed by atoms with van der Waals surface area (Å²) in [7, 11) is 0. The summed E-state index contributed by atoms with van der Waals surface area (Å²) >= 11 is 0. The fourth-order valence-electron chi connectivity index (χ4n) is 2.95. The van der Waals surface area contributed by atoms with Crippen LogP contribution in [-0.2, 0) is 6.54 Å². The van der Waals surface area contributed by atoms with Gasteiger partial charge in [0.2, 0.25) is 0 Å². The van der Waals surface area contributed by atoms with Gasteiger partial charge < -0.3 is 0 Å². The molecule has 1 atom stereocenters. The Bertz CT molecular complexity index is 703. The van der Waals surface area contributed by atoms with E-state index in [1.165, 1.54) is 6.07 Å². The van der Waals surface area contributed by atoms with Gasteiger partial charge in [0, 0.05) is 12.1 Å². The van der Waals surface area contributed by atoms with E-state index < -0.39 is 0 Å². The lowest BCUT2D eigenvalue weighted by atomic mass is 10.00. The van der Waals surface area contributed by atoms with E-state index in [2.05, 4.69) is 20.1 Å². The minimum Gasteiger partial charge on any atom is -0.289 e. The molecule has 1 fully saturated rings. The predicted octanol–water partition coefficient (Wildman–Crippen LogP) is 2.85. The summed E-state index contributed by atoms with van der Waals surface area (Å²) in [6.45, 7) is 3.29. The molecule has 0 saturated carbocycles. The summed E-state index contributed by atoms with van der Waals surface area (Å²) < 4.78 is 14.1. The largest absolute Gasteiger partial charge is 0.289 e. The van der Waals surface area contributed by atoms with E-state index in [0.717, 1.165) is 37.5 Å². The molecule has 0 unspecified atom stereocenters. The number of nitrogens with one attached hydrogen (secondary N) is 1. The van der Waals surface area contributed by atoms with Crippen molar-refractivity contribution >= 4 is 0 Å². The number of benzene rings is 1. The summed E-state index contributed by atoms with van der Waals surface area (Å²) in [5.74, 6) is 1.26. The fourth-order valence-corrected chi connectivity index (χ4v) is 2.95. The Morgan fingerprint density at radius 2 is 2.32 bits per heavy atom. The number of aryl methyl sites for hydroxylation is 1. The Morgan fingerprint density at radius 1 is 1.45 bits per heavy atom. The molecule has 1 aliphatic heterocycles. The lowest BCUT2D eigenvalue weighted by Crippen LogP contribution is -2.33. The van der Waals surface area contributed by atoms with Crippen molar-refractivity contribution in [3.05, 3.63) is 46.8 Å². The summed E-state index contributed by atoms with van der Waals surface area (Å²) in [6, 6.07) is 6.73. The van der Waals surface area contributed by atoms with E-state index in [1.807, 2.05) is 13.0 Å². The van der Waals surface area contributed by atoms with Crippen LogP contribution < -0.4 is 0 Å². The second-order valence-electron chi connectivity index (χ2n) is 5.68. The molecule has 1 N–H and O–H groups in total. The van der Waals surface area contributed by atoms with Gasteiger partial charge in [0.15, 0.2) is 5.82 Å². The van der Waals surface area contributed by atoms with Gasteiger partial charge in [0.25, 0.3) is 0 Å². The highest BCUT2D eigenvalue weighted by molar-refractivity contribution is 5.32. The molecule has 0 bridgehead atoms. The van der Waals surface area contributed by atoms with Gasteiger partial charge >= 0.3 is 0 Å². The third-order valence-electron chi connectivity index (χ3n) is 4.08. The first kappa shape index (κ1) is 14.7. The number of piperidine rings is 1. The van der Waals surface area contributed by atoms with Crippen LogP contribution in [0.3, 0.4) is 0 Å². The normalized spacial score (nSPS) is 19.0. The molecule has 22 heavy (non-hydrogen) atoms. The van der Waals surface area contributed by atoms with Gasteiger partial charge in [-0.1, -0.05) is 12.5 Å². The first-order chi connectivity index (χ1) is 10.7. The lowest BCUT2D eigenvalue weighted by molar-refractivity contribution is 0.132. The minimum atomic E-state index is -0.324. The monoisotopic (exact) mass is 299 g/mol. The molecule has 3 rings (SSSR count). The second-order valence-corrected chi connectivity index (χ2v) is 5.68. The molecule has 1 aromatic heterocycles. The van der Waals surface area contributed by atoms with Crippen LogP contribution in [-0.4, -0.2) is 26.6 Å². The Morgan fingerprint density at radius 3 is 3.00 bits per heavy atom. The van der Waals surface area contributed by atoms with E-state index in [0.29, 0.717) is 17.7 Å². The van der Waals surface area contributed by atoms with Gasteiger partial charge in [0.05, 0.1) is 17.7 Å². The van der Waals surface area contributed by atoms with Crippen molar-refractivity contribution in [2.24, 2.45) is 0 Å². The molecule has 0 aliphatic carbocycles. The van der Waals surface area contributed by atoms with Crippen LogP contribution in [0.5, 0.6) is 0 Å². The number of hydrogen-bond donors (Lipinski definition) is 1. The Hall–Kier alpha value is -2.26. The molecule has 1 saturated heterocycles. The van der Waals surface area contributed by atoms with Gasteiger partial charge in [-0.25, -0.2) is 9.37 Å². The zero-order chi connectivity index (χ0) is 15.5. The van der Waals surface area contributed by atoms with Crippen LogP contribution in [0.15, 0.2) is 18.2 Å². The number of nitrogens with zero attached hydrogens (tertiary/aromatic N) is 4. The van der Waals surface area contributed by atoms with Crippen LogP contribution >= 0.6 is 0 Å². The smallest absolute Gasteiger partial charge is 0.167 e. The molecule has 0 amide bonds. The summed E-state index contributed by atoms with van der Waals surface area (Å²) in [5.41, 5.74) is 0.958. The topological polar surface area (TPSA) is 68.6 Å². The summed E-state index contributed by atoms with van der Waals surface area (Å²) in [4.78, 5) is 6.65. The van der Waals surface area contributed by atoms with Crippen LogP contribution in [0.1, 0.15) is 48.1 Å². The maximum atomic E-state index is 14.1. The van der Waals surface area contributed by atoms with Crippen LogP contribution in [0, 0.1) is 24.1 Å². The van der Waals surface area contributed by atoms with Crippen molar-refractivity contribution in [2.75, 3.05) is 6.54 Å². The van der Waals surface area contributed by atoms with E-state index in [1.54, 1.807) is 12.1 Å². The Balaban J connectivity index is 1.81.